The average Bonchev–Trinajstić information content (AvgIpc) is 2.93. The van der Waals surface area contributed by atoms with Crippen molar-refractivity contribution in [3.63, 3.8) is 0 Å². The van der Waals surface area contributed by atoms with E-state index in [0.717, 1.165) is 77.2 Å². The quantitative estimate of drug-likeness (QED) is 0.211. The lowest BCUT2D eigenvalue weighted by Crippen LogP contribution is -2.22. The van der Waals surface area contributed by atoms with Gasteiger partial charge in [-0.2, -0.15) is 4.39 Å². The highest BCUT2D eigenvalue weighted by atomic mass is 19.2. The Hall–Kier alpha value is -2.08. The molecule has 0 N–H and O–H groups in total. The molecule has 6 heteroatoms. The molecule has 0 radical (unpaired) electrons. The summed E-state index contributed by atoms with van der Waals surface area (Å²) in [6.07, 6.45) is 10.4. The molecule has 2 aliphatic carbocycles. The molecule has 210 valence electrons. The molecule has 0 heterocycles. The number of ether oxygens (including phenoxy) is 2. The van der Waals surface area contributed by atoms with E-state index in [2.05, 4.69) is 6.92 Å². The van der Waals surface area contributed by atoms with Crippen LogP contribution in [0.15, 0.2) is 24.3 Å². The fourth-order valence-corrected chi connectivity index (χ4v) is 6.30. The molecule has 0 unspecified atom stereocenters. The fourth-order valence-electron chi connectivity index (χ4n) is 6.30. The Kier molecular flexibility index (Phi) is 10.5. The van der Waals surface area contributed by atoms with E-state index in [1.54, 1.807) is 25.1 Å². The van der Waals surface area contributed by atoms with Crippen LogP contribution in [0.5, 0.6) is 5.75 Å². The molecule has 38 heavy (non-hydrogen) atoms. The van der Waals surface area contributed by atoms with E-state index < -0.39 is 23.3 Å². The number of hydrogen-bond donors (Lipinski definition) is 0. The number of aryl methyl sites for hydroxylation is 1. The van der Waals surface area contributed by atoms with Crippen LogP contribution < -0.4 is 4.74 Å². The average molecular weight is 535 g/mol. The maximum Gasteiger partial charge on any atom is 0.200 e. The van der Waals surface area contributed by atoms with Crippen molar-refractivity contribution in [2.75, 3.05) is 13.2 Å². The molecule has 2 saturated carbocycles. The van der Waals surface area contributed by atoms with Crippen molar-refractivity contribution in [3.05, 3.63) is 64.2 Å². The van der Waals surface area contributed by atoms with Gasteiger partial charge in [-0.15, -0.1) is 0 Å². The van der Waals surface area contributed by atoms with E-state index in [-0.39, 0.29) is 30.3 Å². The molecule has 0 saturated heterocycles. The summed E-state index contributed by atoms with van der Waals surface area (Å²) in [5.74, 6) is -2.78. The molecular formula is C32H42F4O2. The number of halogens is 4. The second-order valence-electron chi connectivity index (χ2n) is 11.1. The van der Waals surface area contributed by atoms with Gasteiger partial charge in [0.1, 0.15) is 0 Å². The van der Waals surface area contributed by atoms with E-state index in [1.807, 2.05) is 0 Å². The standard InChI is InChI=1S/C32H42F4O2/c1-3-5-20-38-25-15-12-23(13-16-25)26-17-14-24(29(33)30(26)34)11-8-21-6-9-22(10-7-21)27-18-19-28(37-4-2)32(36)31(27)35/h14,17-19,21-23,25H,3-13,15-16,20H2,1-2H3. The Morgan fingerprint density at radius 3 is 1.95 bits per heavy atom. The van der Waals surface area contributed by atoms with Crippen LogP contribution in [-0.4, -0.2) is 19.3 Å². The van der Waals surface area contributed by atoms with Gasteiger partial charge in [-0.25, -0.2) is 13.2 Å². The van der Waals surface area contributed by atoms with Crippen LogP contribution >= 0.6 is 0 Å². The summed E-state index contributed by atoms with van der Waals surface area (Å²) in [6.45, 7) is 4.94. The molecular weight excluding hydrogens is 492 g/mol. The summed E-state index contributed by atoms with van der Waals surface area (Å²) in [5.41, 5.74) is 1.35. The van der Waals surface area contributed by atoms with Crippen molar-refractivity contribution in [1.82, 2.24) is 0 Å². The summed E-state index contributed by atoms with van der Waals surface area (Å²) in [7, 11) is 0. The number of unbranched alkanes of at least 4 members (excludes halogenated alkanes) is 1. The minimum absolute atomic E-state index is 0.0305. The minimum Gasteiger partial charge on any atom is -0.491 e. The number of benzene rings is 2. The highest BCUT2D eigenvalue weighted by Gasteiger charge is 2.29. The molecule has 2 aromatic rings. The molecule has 4 rings (SSSR count). The lowest BCUT2D eigenvalue weighted by Gasteiger charge is -2.30. The highest BCUT2D eigenvalue weighted by molar-refractivity contribution is 5.33. The predicted molar refractivity (Wildman–Crippen MR) is 143 cm³/mol. The fraction of sp³-hybridized carbons (Fsp3) is 0.625. The van der Waals surface area contributed by atoms with Crippen molar-refractivity contribution < 1.29 is 27.0 Å². The van der Waals surface area contributed by atoms with Gasteiger partial charge in [-0.3, -0.25) is 0 Å². The van der Waals surface area contributed by atoms with E-state index in [9.17, 15) is 8.78 Å². The summed E-state index contributed by atoms with van der Waals surface area (Å²) < 4.78 is 70.1. The largest absolute Gasteiger partial charge is 0.491 e. The Balaban J connectivity index is 1.27. The molecule has 0 aromatic heterocycles. The molecule has 2 aliphatic rings. The van der Waals surface area contributed by atoms with E-state index in [0.29, 0.717) is 29.0 Å². The Bertz CT molecular complexity index is 1040. The molecule has 2 fully saturated rings. The van der Waals surface area contributed by atoms with E-state index in [4.69, 9.17) is 9.47 Å². The monoisotopic (exact) mass is 534 g/mol. The van der Waals surface area contributed by atoms with Gasteiger partial charge in [0.05, 0.1) is 12.7 Å². The molecule has 0 spiro atoms. The van der Waals surface area contributed by atoms with Gasteiger partial charge < -0.3 is 9.47 Å². The topological polar surface area (TPSA) is 18.5 Å². The normalized spacial score (nSPS) is 23.9. The van der Waals surface area contributed by atoms with Gasteiger partial charge in [0, 0.05) is 6.61 Å². The smallest absolute Gasteiger partial charge is 0.200 e. The molecule has 0 atom stereocenters. The van der Waals surface area contributed by atoms with Gasteiger partial charge >= 0.3 is 0 Å². The SMILES string of the molecule is CCCCOC1CCC(c2ccc(CCC3CCC(c4ccc(OCC)c(F)c4F)CC3)c(F)c2F)CC1. The van der Waals surface area contributed by atoms with Crippen molar-refractivity contribution in [3.8, 4) is 5.75 Å². The van der Waals surface area contributed by atoms with Crippen LogP contribution in [0.4, 0.5) is 17.6 Å². The zero-order valence-corrected chi connectivity index (χ0v) is 22.8. The van der Waals surface area contributed by atoms with E-state index in [1.165, 1.54) is 6.07 Å². The van der Waals surface area contributed by atoms with Gasteiger partial charge in [-0.05, 0) is 118 Å². The first-order chi connectivity index (χ1) is 18.4. The third-order valence-corrected chi connectivity index (χ3v) is 8.64. The van der Waals surface area contributed by atoms with Crippen molar-refractivity contribution in [2.24, 2.45) is 5.92 Å². The highest BCUT2D eigenvalue weighted by Crippen LogP contribution is 2.41. The number of rotatable bonds is 11. The summed E-state index contributed by atoms with van der Waals surface area (Å²) >= 11 is 0. The third-order valence-electron chi connectivity index (χ3n) is 8.64. The van der Waals surface area contributed by atoms with Gasteiger partial charge in [0.15, 0.2) is 23.2 Å². The molecule has 0 amide bonds. The zero-order valence-electron chi connectivity index (χ0n) is 22.8. The van der Waals surface area contributed by atoms with Crippen molar-refractivity contribution in [1.29, 1.82) is 0 Å². The second-order valence-corrected chi connectivity index (χ2v) is 11.1. The minimum atomic E-state index is -0.916. The third kappa shape index (κ3) is 6.91. The van der Waals surface area contributed by atoms with E-state index >= 15 is 8.78 Å². The number of hydrogen-bond acceptors (Lipinski definition) is 2. The summed E-state index contributed by atoms with van der Waals surface area (Å²) in [4.78, 5) is 0. The van der Waals surface area contributed by atoms with Gasteiger partial charge in [0.2, 0.25) is 5.82 Å². The lowest BCUT2D eigenvalue weighted by atomic mass is 9.76. The van der Waals surface area contributed by atoms with Crippen LogP contribution in [0.1, 0.15) is 113 Å². The summed E-state index contributed by atoms with van der Waals surface area (Å²) in [5, 5.41) is 0. The first-order valence-electron chi connectivity index (χ1n) is 14.6. The van der Waals surface area contributed by atoms with Crippen molar-refractivity contribution >= 4 is 0 Å². The Morgan fingerprint density at radius 1 is 0.711 bits per heavy atom. The van der Waals surface area contributed by atoms with Crippen LogP contribution in [0.2, 0.25) is 0 Å². The molecule has 0 bridgehead atoms. The van der Waals surface area contributed by atoms with Crippen LogP contribution in [0, 0.1) is 29.2 Å². The maximum absolute atomic E-state index is 15.1. The molecule has 0 aliphatic heterocycles. The Morgan fingerprint density at radius 2 is 1.32 bits per heavy atom. The first kappa shape index (κ1) is 28.9. The lowest BCUT2D eigenvalue weighted by molar-refractivity contribution is 0.0230. The molecule has 2 nitrogen and oxygen atoms in total. The van der Waals surface area contributed by atoms with Gasteiger partial charge in [-0.1, -0.05) is 31.5 Å². The van der Waals surface area contributed by atoms with Crippen LogP contribution in [0.3, 0.4) is 0 Å². The first-order valence-corrected chi connectivity index (χ1v) is 14.6. The van der Waals surface area contributed by atoms with Gasteiger partial charge in [0.25, 0.3) is 0 Å². The molecule has 2 aromatic carbocycles. The van der Waals surface area contributed by atoms with Crippen LogP contribution in [-0.2, 0) is 11.2 Å². The second kappa shape index (κ2) is 13.8. The predicted octanol–water partition coefficient (Wildman–Crippen LogP) is 9.39. The zero-order chi connectivity index (χ0) is 27.1. The Labute approximate surface area is 225 Å². The summed E-state index contributed by atoms with van der Waals surface area (Å²) in [6, 6.07) is 6.70. The van der Waals surface area contributed by atoms with Crippen molar-refractivity contribution in [2.45, 2.75) is 109 Å². The maximum atomic E-state index is 15.1. The van der Waals surface area contributed by atoms with Crippen LogP contribution in [0.25, 0.3) is 0 Å².